The van der Waals surface area contributed by atoms with E-state index in [1.165, 1.54) is 38.7 Å². The van der Waals surface area contributed by atoms with Gasteiger partial charge in [-0.2, -0.15) is 5.10 Å². The summed E-state index contributed by atoms with van der Waals surface area (Å²) in [6, 6.07) is 68.9. The molecule has 384 valence electrons. The number of aromatic nitrogens is 1. The Hall–Kier alpha value is -7.53. The molecule has 6 N–H and O–H groups in total. The topological polar surface area (TPSA) is 151 Å². The summed E-state index contributed by atoms with van der Waals surface area (Å²) in [6.45, 7) is 14.1. The Morgan fingerprint density at radius 2 is 0.973 bits per heavy atom. The number of ether oxygens (including phenoxy) is 2. The van der Waals surface area contributed by atoms with Crippen LogP contribution in [0.25, 0.3) is 22.2 Å². The van der Waals surface area contributed by atoms with Crippen LogP contribution >= 0.6 is 19.4 Å². The molecule has 0 atom stereocenters. The number of rotatable bonds is 12. The number of carboxylic acid groups (broad SMARTS) is 1. The number of nitrogens with one attached hydrogen (secondary N) is 3. The molecule has 0 aliphatic rings. The molecule has 75 heavy (non-hydrogen) atoms. The summed E-state index contributed by atoms with van der Waals surface area (Å²) in [5.74, 6) is 6.17. The van der Waals surface area contributed by atoms with Crippen LogP contribution < -0.4 is 26.2 Å². The summed E-state index contributed by atoms with van der Waals surface area (Å²) in [4.78, 5) is 23.2. The first kappa shape index (κ1) is 60.0. The van der Waals surface area contributed by atoms with Crippen LogP contribution in [0.3, 0.4) is 0 Å². The average molecular weight is 1100 g/mol. The van der Waals surface area contributed by atoms with E-state index < -0.39 is 21.1 Å². The van der Waals surface area contributed by atoms with E-state index in [2.05, 4.69) is 120 Å². The third-order valence-electron chi connectivity index (χ3n) is 10.8. The monoisotopic (exact) mass is 1090 g/mol. The van der Waals surface area contributed by atoms with E-state index >= 15 is 0 Å². The number of hydrazine groups is 1. The van der Waals surface area contributed by atoms with E-state index in [1.807, 2.05) is 142 Å². The van der Waals surface area contributed by atoms with Gasteiger partial charge in [-0.05, 0) is 143 Å². The number of ketones is 1. The molecule has 0 aliphatic carbocycles. The number of anilines is 2. The maximum absolute atomic E-state index is 10.8. The van der Waals surface area contributed by atoms with E-state index in [0.29, 0.717) is 13.2 Å². The zero-order valence-electron chi connectivity index (χ0n) is 43.6. The number of aryl methyl sites for hydroxylation is 4. The van der Waals surface area contributed by atoms with Crippen LogP contribution in [0, 0.1) is 27.7 Å². The van der Waals surface area contributed by atoms with Gasteiger partial charge in [-0.15, -0.1) is 0 Å². The minimum atomic E-state index is -0.931. The molecule has 1 heterocycles. The minimum absolute atomic E-state index is 0.125. The first-order chi connectivity index (χ1) is 36.1. The third-order valence-corrected chi connectivity index (χ3v) is 10.8. The number of benzene rings is 8. The van der Waals surface area contributed by atoms with Gasteiger partial charge in [0, 0.05) is 34.8 Å². The van der Waals surface area contributed by atoms with Gasteiger partial charge in [-0.25, -0.2) is 0 Å². The molecule has 0 bridgehead atoms. The number of carboxylic acids is 1. The molecule has 8 aromatic carbocycles. The Bertz CT molecular complexity index is 3080. The van der Waals surface area contributed by atoms with Gasteiger partial charge in [0.2, 0.25) is 0 Å². The Morgan fingerprint density at radius 1 is 0.560 bits per heavy atom. The van der Waals surface area contributed by atoms with Gasteiger partial charge in [0.15, 0.2) is 5.78 Å². The Labute approximate surface area is 457 Å². The first-order valence-corrected chi connectivity index (χ1v) is 31.9. The second-order valence-corrected chi connectivity index (χ2v) is 21.7. The zero-order valence-corrected chi connectivity index (χ0v) is 48.1. The molecule has 0 unspecified atom stereocenters. The van der Waals surface area contributed by atoms with Crippen molar-refractivity contribution in [1.82, 2.24) is 4.98 Å². The van der Waals surface area contributed by atoms with E-state index in [0.717, 1.165) is 63.5 Å². The molecule has 0 spiro atoms. The summed E-state index contributed by atoms with van der Waals surface area (Å²) in [5.41, 5.74) is 21.1. The third kappa shape index (κ3) is 23.5. The number of nitrogens with two attached hydrogens (primary N) is 1. The van der Waals surface area contributed by atoms with E-state index in [-0.39, 0.29) is 5.78 Å². The normalized spacial score (nSPS) is 10.0. The van der Waals surface area contributed by atoms with Gasteiger partial charge in [0.1, 0.15) is 24.7 Å². The van der Waals surface area contributed by atoms with Crippen molar-refractivity contribution in [2.24, 2.45) is 10.9 Å². The number of H-pyrrole nitrogens is 1. The SMILES string of the molecule is C/C(=N\Nc1ccc(OCc2ccccc2)cc1)c1ccc(C)cc1.CC(=O)O.CC(=O)c1ccc(C)cc1.Cc1ccc(NN)cc1.Cc1ccc2[nH]c(-c3ccc(OCc4ccccc4)cc3)cc2c1.[Cl][Zn][Cl]. The van der Waals surface area contributed by atoms with E-state index in [4.69, 9.17) is 44.6 Å². The van der Waals surface area contributed by atoms with Crippen molar-refractivity contribution in [3.8, 4) is 22.8 Å². The summed E-state index contributed by atoms with van der Waals surface area (Å²) in [6.07, 6.45) is 0. The molecule has 1 aromatic heterocycles. The quantitative estimate of drug-likeness (QED) is 0.0267. The first-order valence-electron chi connectivity index (χ1n) is 24.1. The zero-order chi connectivity index (χ0) is 54.4. The Balaban J connectivity index is 0.000000223. The van der Waals surface area contributed by atoms with Gasteiger partial charge in [-0.3, -0.25) is 20.9 Å². The standard InChI is InChI=1S/C22H22N2O.C22H19NO.C9H10O.C7H10N2.C2H4O2.2ClH.Zn/c1-17-8-10-20(11-9-17)18(2)23-24-21-12-14-22(15-13-21)25-16-19-6-4-3-5-7-19;1-16-7-12-21-19(13-16)14-22(23-21)18-8-10-20(11-9-18)24-15-17-5-3-2-4-6-17;1-7-3-5-9(6-4-7)8(2)10;1-6-2-4-7(9-8)5-3-6;1-2(3)4;;;/h3-15,24H,16H2,1-2H3;2-14,23H,15H2,1H3;3-6H,1-2H3;2-5,9H,8H2,1H3;1H3,(H,3,4);2*1H;/q;;;;;;;+2/p-2/b23-18+;;;;;;;. The van der Waals surface area contributed by atoms with Crippen molar-refractivity contribution in [2.75, 3.05) is 10.9 Å². The van der Waals surface area contributed by atoms with Crippen LogP contribution in [0.15, 0.2) is 211 Å². The summed E-state index contributed by atoms with van der Waals surface area (Å²) in [7, 11) is 9.90. The Kier molecular flexibility index (Phi) is 26.7. The number of carbonyl (C=O) groups excluding carboxylic acids is 1. The number of fused-ring (bicyclic) bond motifs is 1. The predicted octanol–water partition coefficient (Wildman–Crippen LogP) is 16.1. The number of aliphatic carboxylic acids is 1. The molecule has 0 amide bonds. The molecular weight excluding hydrogens is 1030 g/mol. The number of carbonyl (C=O) groups is 2. The second kappa shape index (κ2) is 33.3. The van der Waals surface area contributed by atoms with Crippen molar-refractivity contribution in [1.29, 1.82) is 0 Å². The number of nitrogens with zero attached hydrogens (tertiary/aromatic N) is 1. The fourth-order valence-corrected chi connectivity index (χ4v) is 6.69. The molecule has 0 saturated heterocycles. The molecular formula is C62H65Cl2N5O5Zn. The van der Waals surface area contributed by atoms with Crippen LogP contribution in [-0.4, -0.2) is 27.6 Å². The summed E-state index contributed by atoms with van der Waals surface area (Å²) >= 11 is -0.931. The number of halogens is 2. The number of aromatic amines is 1. The van der Waals surface area contributed by atoms with Gasteiger partial charge in [0.05, 0.1) is 11.4 Å². The van der Waals surface area contributed by atoms with Crippen molar-refractivity contribution in [3.63, 3.8) is 0 Å². The molecule has 0 aliphatic heterocycles. The van der Waals surface area contributed by atoms with Crippen LogP contribution in [0.1, 0.15) is 70.1 Å². The van der Waals surface area contributed by atoms with E-state index in [1.54, 1.807) is 6.92 Å². The second-order valence-electron chi connectivity index (χ2n) is 17.1. The van der Waals surface area contributed by atoms with Crippen molar-refractivity contribution < 1.29 is 39.3 Å². The summed E-state index contributed by atoms with van der Waals surface area (Å²) in [5, 5.41) is 13.1. The molecule has 10 nitrogen and oxygen atoms in total. The van der Waals surface area contributed by atoms with Gasteiger partial charge >= 0.3 is 34.5 Å². The maximum atomic E-state index is 10.8. The fraction of sp³-hybridized carbons (Fsp3) is 0.145. The summed E-state index contributed by atoms with van der Waals surface area (Å²) < 4.78 is 11.6. The number of hydrazone groups is 1. The predicted molar refractivity (Wildman–Crippen MR) is 309 cm³/mol. The van der Waals surface area contributed by atoms with Crippen molar-refractivity contribution in [2.45, 2.75) is 61.7 Å². The molecule has 0 radical (unpaired) electrons. The van der Waals surface area contributed by atoms with E-state index in [9.17, 15) is 4.79 Å². The molecule has 0 saturated carbocycles. The number of nitrogen functional groups attached to an aromatic ring is 1. The van der Waals surface area contributed by atoms with Crippen LogP contribution in [0.5, 0.6) is 11.5 Å². The number of hydrogen-bond donors (Lipinski definition) is 5. The number of Topliss-reactive ketones (excluding diaryl/α,β-unsaturated/α-hetero) is 1. The fourth-order valence-electron chi connectivity index (χ4n) is 6.69. The number of hydrogen-bond acceptors (Lipinski definition) is 8. The molecule has 13 heteroatoms. The Morgan fingerprint density at radius 3 is 1.43 bits per heavy atom. The van der Waals surface area contributed by atoms with Crippen molar-refractivity contribution >= 4 is 59.1 Å². The van der Waals surface area contributed by atoms with Gasteiger partial charge < -0.3 is 25.0 Å². The molecule has 9 aromatic rings. The van der Waals surface area contributed by atoms with Crippen LogP contribution in [0.4, 0.5) is 11.4 Å². The molecule has 0 fully saturated rings. The van der Waals surface area contributed by atoms with Crippen molar-refractivity contribution in [3.05, 3.63) is 251 Å². The van der Waals surface area contributed by atoms with Gasteiger partial charge in [0.25, 0.3) is 5.97 Å². The van der Waals surface area contributed by atoms with Crippen LogP contribution in [0.2, 0.25) is 0 Å². The van der Waals surface area contributed by atoms with Crippen LogP contribution in [-0.2, 0) is 33.2 Å². The average Bonchev–Trinajstić information content (AvgIpc) is 3.85. The van der Waals surface area contributed by atoms with Gasteiger partial charge in [-0.1, -0.05) is 150 Å². The molecule has 9 rings (SSSR count).